The molecule has 1 aliphatic carbocycles. The van der Waals surface area contributed by atoms with Crippen LogP contribution in [0.1, 0.15) is 38.5 Å². The number of aromatic nitrogens is 1. The van der Waals surface area contributed by atoms with Crippen LogP contribution in [0.4, 0.5) is 5.69 Å². The van der Waals surface area contributed by atoms with Gasteiger partial charge in [-0.05, 0) is 30.5 Å². The molecule has 1 aromatic carbocycles. The van der Waals surface area contributed by atoms with Crippen LogP contribution in [0, 0.1) is 5.92 Å². The Kier molecular flexibility index (Phi) is 3.87. The maximum Gasteiger partial charge on any atom is 0.305 e. The number of benzene rings is 1. The molecule has 0 atom stereocenters. The Bertz CT molecular complexity index is 668. The van der Waals surface area contributed by atoms with Gasteiger partial charge in [0, 0.05) is 12.1 Å². The molecule has 1 aromatic heterocycles. The van der Waals surface area contributed by atoms with Crippen molar-refractivity contribution in [2.75, 3.05) is 5.32 Å². The molecular weight excluding hydrogens is 272 g/mol. The fraction of sp³-hybridized carbons (Fsp3) is 0.467. The Hall–Kier alpha value is -1.62. The van der Waals surface area contributed by atoms with Crippen molar-refractivity contribution in [1.82, 2.24) is 4.98 Å². The summed E-state index contributed by atoms with van der Waals surface area (Å²) in [5.41, 5.74) is 1.59. The summed E-state index contributed by atoms with van der Waals surface area (Å²) in [6.07, 6.45) is 6.76. The van der Waals surface area contributed by atoms with Crippen molar-refractivity contribution in [3.05, 3.63) is 27.9 Å². The Labute approximate surface area is 121 Å². The van der Waals surface area contributed by atoms with E-state index in [1.807, 2.05) is 18.2 Å². The van der Waals surface area contributed by atoms with Gasteiger partial charge in [-0.3, -0.25) is 9.59 Å². The summed E-state index contributed by atoms with van der Waals surface area (Å²) < 4.78 is 0.878. The van der Waals surface area contributed by atoms with Crippen LogP contribution in [-0.2, 0) is 4.79 Å². The fourth-order valence-corrected chi connectivity index (χ4v) is 3.66. The lowest BCUT2D eigenvalue weighted by Crippen LogP contribution is -2.12. The summed E-state index contributed by atoms with van der Waals surface area (Å²) in [5, 5.41) is 2.92. The van der Waals surface area contributed by atoms with E-state index in [1.165, 1.54) is 25.7 Å². The molecule has 2 N–H and O–H groups in total. The minimum atomic E-state index is -0.0651. The van der Waals surface area contributed by atoms with E-state index in [1.54, 1.807) is 0 Å². The predicted molar refractivity (Wildman–Crippen MR) is 82.3 cm³/mol. The molecule has 106 valence electrons. The first-order valence-corrected chi connectivity index (χ1v) is 7.95. The third-order valence-corrected chi connectivity index (χ3v) is 4.80. The van der Waals surface area contributed by atoms with Crippen molar-refractivity contribution in [2.45, 2.75) is 38.5 Å². The van der Waals surface area contributed by atoms with Crippen molar-refractivity contribution < 1.29 is 4.79 Å². The third-order valence-electron chi connectivity index (χ3n) is 3.96. The molecule has 3 rings (SSSR count). The third kappa shape index (κ3) is 3.10. The first-order valence-electron chi connectivity index (χ1n) is 7.13. The summed E-state index contributed by atoms with van der Waals surface area (Å²) >= 11 is 1.16. The molecule has 0 aliphatic heterocycles. The van der Waals surface area contributed by atoms with Crippen LogP contribution in [0.5, 0.6) is 0 Å². The lowest BCUT2D eigenvalue weighted by molar-refractivity contribution is -0.116. The highest BCUT2D eigenvalue weighted by molar-refractivity contribution is 7.16. The molecule has 20 heavy (non-hydrogen) atoms. The Morgan fingerprint density at radius 3 is 2.95 bits per heavy atom. The number of carbonyl (C=O) groups excluding carboxylic acids is 1. The lowest BCUT2D eigenvalue weighted by Gasteiger charge is -2.09. The zero-order chi connectivity index (χ0) is 13.9. The van der Waals surface area contributed by atoms with Crippen molar-refractivity contribution in [2.24, 2.45) is 5.92 Å². The molecule has 2 aromatic rings. The highest BCUT2D eigenvalue weighted by atomic mass is 32.1. The topological polar surface area (TPSA) is 62.0 Å². The summed E-state index contributed by atoms with van der Waals surface area (Å²) in [6.45, 7) is 0. The van der Waals surface area contributed by atoms with E-state index in [0.717, 1.165) is 39.6 Å². The van der Waals surface area contributed by atoms with Crippen molar-refractivity contribution in [1.29, 1.82) is 0 Å². The number of anilines is 1. The summed E-state index contributed by atoms with van der Waals surface area (Å²) in [7, 11) is 0. The van der Waals surface area contributed by atoms with Crippen LogP contribution in [-0.4, -0.2) is 10.9 Å². The van der Waals surface area contributed by atoms with Gasteiger partial charge >= 0.3 is 4.87 Å². The number of carbonyl (C=O) groups is 1. The van der Waals surface area contributed by atoms with Gasteiger partial charge in [0.2, 0.25) is 5.91 Å². The van der Waals surface area contributed by atoms with Crippen molar-refractivity contribution in [3.63, 3.8) is 0 Å². The Morgan fingerprint density at radius 2 is 2.15 bits per heavy atom. The molecule has 0 radical (unpaired) electrons. The van der Waals surface area contributed by atoms with Crippen LogP contribution < -0.4 is 10.2 Å². The highest BCUT2D eigenvalue weighted by Gasteiger charge is 2.16. The van der Waals surface area contributed by atoms with E-state index in [2.05, 4.69) is 10.3 Å². The lowest BCUT2D eigenvalue weighted by atomic mass is 10.0. The number of aromatic amines is 1. The number of amides is 1. The average molecular weight is 290 g/mol. The van der Waals surface area contributed by atoms with E-state index in [9.17, 15) is 9.59 Å². The predicted octanol–water partition coefficient (Wildman–Crippen LogP) is 3.50. The van der Waals surface area contributed by atoms with E-state index in [0.29, 0.717) is 6.42 Å². The van der Waals surface area contributed by atoms with Crippen LogP contribution in [0.15, 0.2) is 23.0 Å². The standard InChI is InChI=1S/C15H18N2O2S/c18-14(8-5-10-3-1-2-4-10)16-11-6-7-12-13(9-11)20-15(19)17-12/h6-7,9-10H,1-5,8H2,(H,16,18)(H,17,19). The Balaban J connectivity index is 1.60. The van der Waals surface area contributed by atoms with Crippen LogP contribution in [0.2, 0.25) is 0 Å². The van der Waals surface area contributed by atoms with Gasteiger partial charge in [0.05, 0.1) is 10.2 Å². The van der Waals surface area contributed by atoms with Crippen LogP contribution in [0.25, 0.3) is 10.2 Å². The molecule has 1 fully saturated rings. The second kappa shape index (κ2) is 5.79. The number of thiazole rings is 1. The first kappa shape index (κ1) is 13.4. The number of rotatable bonds is 4. The fourth-order valence-electron chi connectivity index (χ4n) is 2.88. The monoisotopic (exact) mass is 290 g/mol. The number of fused-ring (bicyclic) bond motifs is 1. The van der Waals surface area contributed by atoms with Crippen molar-refractivity contribution >= 4 is 33.1 Å². The minimum absolute atomic E-state index is 0.0651. The number of H-pyrrole nitrogens is 1. The zero-order valence-corrected chi connectivity index (χ0v) is 12.1. The molecule has 0 saturated heterocycles. The molecule has 1 amide bonds. The number of nitrogens with one attached hydrogen (secondary N) is 2. The molecule has 1 aliphatic rings. The number of hydrogen-bond donors (Lipinski definition) is 2. The maximum atomic E-state index is 11.9. The second-order valence-corrected chi connectivity index (χ2v) is 6.48. The van der Waals surface area contributed by atoms with Gasteiger partial charge in [-0.15, -0.1) is 0 Å². The molecule has 0 bridgehead atoms. The zero-order valence-electron chi connectivity index (χ0n) is 11.3. The largest absolute Gasteiger partial charge is 0.326 e. The summed E-state index contributed by atoms with van der Waals surface area (Å²) in [6, 6.07) is 5.52. The van der Waals surface area contributed by atoms with Gasteiger partial charge in [-0.2, -0.15) is 0 Å². The van der Waals surface area contributed by atoms with E-state index < -0.39 is 0 Å². The highest BCUT2D eigenvalue weighted by Crippen LogP contribution is 2.28. The first-order chi connectivity index (χ1) is 9.70. The molecule has 5 heteroatoms. The molecule has 1 saturated carbocycles. The second-order valence-electron chi connectivity index (χ2n) is 5.46. The van der Waals surface area contributed by atoms with Gasteiger partial charge in [0.1, 0.15) is 0 Å². The van der Waals surface area contributed by atoms with Gasteiger partial charge < -0.3 is 10.3 Å². The SMILES string of the molecule is O=C(CCC1CCCC1)Nc1ccc2[nH]c(=O)sc2c1. The average Bonchev–Trinajstić information content (AvgIpc) is 3.04. The van der Waals surface area contributed by atoms with Gasteiger partial charge in [-0.1, -0.05) is 37.0 Å². The Morgan fingerprint density at radius 1 is 1.35 bits per heavy atom. The quantitative estimate of drug-likeness (QED) is 0.905. The van der Waals surface area contributed by atoms with Crippen molar-refractivity contribution in [3.8, 4) is 0 Å². The van der Waals surface area contributed by atoms with Gasteiger partial charge in [0.15, 0.2) is 0 Å². The maximum absolute atomic E-state index is 11.9. The number of hydrogen-bond acceptors (Lipinski definition) is 3. The van der Waals surface area contributed by atoms with E-state index in [-0.39, 0.29) is 10.8 Å². The smallest absolute Gasteiger partial charge is 0.305 e. The van der Waals surface area contributed by atoms with Crippen LogP contribution in [0.3, 0.4) is 0 Å². The van der Waals surface area contributed by atoms with E-state index >= 15 is 0 Å². The molecule has 4 nitrogen and oxygen atoms in total. The van der Waals surface area contributed by atoms with Gasteiger partial charge in [0.25, 0.3) is 0 Å². The summed E-state index contributed by atoms with van der Waals surface area (Å²) in [4.78, 5) is 25.9. The van der Waals surface area contributed by atoms with E-state index in [4.69, 9.17) is 0 Å². The molecular formula is C15H18N2O2S. The normalized spacial score (nSPS) is 15.8. The molecule has 1 heterocycles. The van der Waals surface area contributed by atoms with Gasteiger partial charge in [-0.25, -0.2) is 0 Å². The molecule has 0 unspecified atom stereocenters. The molecule has 0 spiro atoms. The summed E-state index contributed by atoms with van der Waals surface area (Å²) in [5.74, 6) is 0.803. The minimum Gasteiger partial charge on any atom is -0.326 e. The van der Waals surface area contributed by atoms with Crippen LogP contribution >= 0.6 is 11.3 Å².